The Morgan fingerprint density at radius 3 is 2.66 bits per heavy atom. The number of amides is 2. The van der Waals surface area contributed by atoms with Crippen LogP contribution < -0.4 is 16.2 Å². The van der Waals surface area contributed by atoms with Gasteiger partial charge in [0.1, 0.15) is 13.2 Å². The second kappa shape index (κ2) is 9.73. The van der Waals surface area contributed by atoms with Crippen LogP contribution in [0.5, 0.6) is 0 Å². The van der Waals surface area contributed by atoms with E-state index >= 15 is 0 Å². The maximum absolute atomic E-state index is 13.5. The molecule has 2 amide bonds. The van der Waals surface area contributed by atoms with Crippen molar-refractivity contribution in [3.63, 3.8) is 0 Å². The van der Waals surface area contributed by atoms with Crippen molar-refractivity contribution in [2.45, 2.75) is 44.9 Å². The van der Waals surface area contributed by atoms with E-state index in [4.69, 9.17) is 14.5 Å². The predicted molar refractivity (Wildman–Crippen MR) is 135 cm³/mol. The molecular formula is C27H26N4O7. The first-order chi connectivity index (χ1) is 18.3. The minimum absolute atomic E-state index is 0.0100. The Morgan fingerprint density at radius 2 is 1.89 bits per heavy atom. The number of hydrogen-bond acceptors (Lipinski definition) is 8. The summed E-state index contributed by atoms with van der Waals surface area (Å²) in [4.78, 5) is 67.5. The second-order valence-corrected chi connectivity index (χ2v) is 9.18. The van der Waals surface area contributed by atoms with Crippen LogP contribution in [0.25, 0.3) is 22.3 Å². The Hall–Kier alpha value is -4.54. The fourth-order valence-corrected chi connectivity index (χ4v) is 4.92. The summed E-state index contributed by atoms with van der Waals surface area (Å²) in [5.74, 6) is -2.50. The fraction of sp³-hybridized carbons (Fsp3) is 0.333. The molecule has 3 aromatic rings. The molecule has 5 rings (SSSR count). The number of nitrogens with one attached hydrogen (secondary N) is 2. The molecule has 0 unspecified atom stereocenters. The summed E-state index contributed by atoms with van der Waals surface area (Å²) < 4.78 is 12.6. The van der Waals surface area contributed by atoms with Gasteiger partial charge in [0.15, 0.2) is 0 Å². The van der Waals surface area contributed by atoms with Crippen molar-refractivity contribution in [2.75, 3.05) is 13.6 Å². The molecule has 2 N–H and O–H groups in total. The second-order valence-electron chi connectivity index (χ2n) is 9.18. The minimum Gasteiger partial charge on any atom is -0.457 e. The lowest BCUT2D eigenvalue weighted by atomic mass is 9.85. The molecule has 0 saturated heterocycles. The van der Waals surface area contributed by atoms with E-state index in [0.717, 1.165) is 16.5 Å². The molecule has 0 aliphatic carbocycles. The summed E-state index contributed by atoms with van der Waals surface area (Å²) in [6, 6.07) is 11.3. The molecule has 0 radical (unpaired) electrons. The first-order valence-corrected chi connectivity index (χ1v) is 12.3. The SMILES string of the molecule is CC[C@@]1(OC(=O)CNC(=O)CCC(=O)NC)C(=O)OCc2c1cc1n(c2=O)Cc2cc3ccccc3nc2-1. The van der Waals surface area contributed by atoms with Crippen molar-refractivity contribution < 1.29 is 28.7 Å². The van der Waals surface area contributed by atoms with Crippen LogP contribution in [0.15, 0.2) is 41.2 Å². The van der Waals surface area contributed by atoms with E-state index in [9.17, 15) is 24.0 Å². The van der Waals surface area contributed by atoms with Gasteiger partial charge in [-0.1, -0.05) is 25.1 Å². The van der Waals surface area contributed by atoms with Crippen LogP contribution in [0, 0.1) is 0 Å². The summed E-state index contributed by atoms with van der Waals surface area (Å²) in [6.45, 7) is 1.21. The number of carbonyl (C=O) groups excluding carboxylic acids is 4. The quantitative estimate of drug-likeness (QED) is 0.348. The van der Waals surface area contributed by atoms with Gasteiger partial charge in [-0.25, -0.2) is 9.78 Å². The van der Waals surface area contributed by atoms with Crippen LogP contribution >= 0.6 is 0 Å². The predicted octanol–water partition coefficient (Wildman–Crippen LogP) is 1.27. The van der Waals surface area contributed by atoms with Crippen LogP contribution in [-0.4, -0.2) is 46.9 Å². The molecule has 1 atom stereocenters. The van der Waals surface area contributed by atoms with Crippen LogP contribution in [0.4, 0.5) is 0 Å². The molecule has 4 heterocycles. The van der Waals surface area contributed by atoms with Gasteiger partial charge in [0.25, 0.3) is 5.56 Å². The lowest BCUT2D eigenvalue weighted by Crippen LogP contribution is -2.48. The number of esters is 2. The van der Waals surface area contributed by atoms with Crippen molar-refractivity contribution in [1.29, 1.82) is 0 Å². The molecule has 38 heavy (non-hydrogen) atoms. The van der Waals surface area contributed by atoms with E-state index in [1.165, 1.54) is 7.05 Å². The van der Waals surface area contributed by atoms with E-state index in [1.54, 1.807) is 17.6 Å². The smallest absolute Gasteiger partial charge is 0.355 e. The molecule has 0 saturated carbocycles. The number of pyridine rings is 2. The summed E-state index contributed by atoms with van der Waals surface area (Å²) in [7, 11) is 1.46. The third-order valence-corrected chi connectivity index (χ3v) is 6.96. The Balaban J connectivity index is 1.47. The molecule has 2 aliphatic rings. The minimum atomic E-state index is -1.86. The molecule has 0 bridgehead atoms. The van der Waals surface area contributed by atoms with Gasteiger partial charge in [0.2, 0.25) is 17.4 Å². The molecule has 196 valence electrons. The molecular weight excluding hydrogens is 492 g/mol. The third kappa shape index (κ3) is 4.19. The number of benzene rings is 1. The van der Waals surface area contributed by atoms with Crippen LogP contribution in [0.2, 0.25) is 0 Å². The van der Waals surface area contributed by atoms with E-state index in [1.807, 2.05) is 30.3 Å². The molecule has 0 spiro atoms. The molecule has 2 aliphatic heterocycles. The van der Waals surface area contributed by atoms with E-state index in [-0.39, 0.29) is 48.5 Å². The highest BCUT2D eigenvalue weighted by Crippen LogP contribution is 2.40. The Kier molecular flexibility index (Phi) is 6.43. The molecule has 2 aromatic heterocycles. The zero-order valence-corrected chi connectivity index (χ0v) is 21.0. The summed E-state index contributed by atoms with van der Waals surface area (Å²) in [6.07, 6.45) is -0.132. The summed E-state index contributed by atoms with van der Waals surface area (Å²) in [5.41, 5.74) is 1.08. The van der Waals surface area contributed by atoms with Crippen molar-refractivity contribution in [2.24, 2.45) is 0 Å². The first-order valence-electron chi connectivity index (χ1n) is 12.3. The van der Waals surface area contributed by atoms with Crippen LogP contribution in [0.1, 0.15) is 42.9 Å². The monoisotopic (exact) mass is 518 g/mol. The van der Waals surface area contributed by atoms with Gasteiger partial charge in [-0.15, -0.1) is 0 Å². The average molecular weight is 519 g/mol. The lowest BCUT2D eigenvalue weighted by Gasteiger charge is -2.35. The summed E-state index contributed by atoms with van der Waals surface area (Å²) in [5, 5.41) is 5.75. The Labute approximate surface area is 217 Å². The maximum atomic E-state index is 13.5. The van der Waals surface area contributed by atoms with Gasteiger partial charge >= 0.3 is 11.9 Å². The van der Waals surface area contributed by atoms with Crippen molar-refractivity contribution >= 4 is 34.7 Å². The fourth-order valence-electron chi connectivity index (χ4n) is 4.92. The average Bonchev–Trinajstić information content (AvgIpc) is 3.28. The number of para-hydroxylation sites is 1. The number of aromatic nitrogens is 2. The van der Waals surface area contributed by atoms with Gasteiger partial charge in [-0.2, -0.15) is 0 Å². The van der Waals surface area contributed by atoms with Gasteiger partial charge in [0.05, 0.1) is 29.0 Å². The van der Waals surface area contributed by atoms with E-state index in [0.29, 0.717) is 17.9 Å². The third-order valence-electron chi connectivity index (χ3n) is 6.96. The number of hydrogen-bond donors (Lipinski definition) is 2. The van der Waals surface area contributed by atoms with Gasteiger partial charge in [-0.3, -0.25) is 19.2 Å². The number of ether oxygens (including phenoxy) is 2. The van der Waals surface area contributed by atoms with E-state index in [2.05, 4.69) is 10.6 Å². The highest BCUT2D eigenvalue weighted by molar-refractivity contribution is 5.90. The van der Waals surface area contributed by atoms with Crippen LogP contribution in [-0.2, 0) is 47.4 Å². The highest BCUT2D eigenvalue weighted by Gasteiger charge is 2.50. The van der Waals surface area contributed by atoms with Crippen molar-refractivity contribution in [3.05, 3.63) is 63.4 Å². The Bertz CT molecular complexity index is 1560. The van der Waals surface area contributed by atoms with E-state index < -0.39 is 30.0 Å². The largest absolute Gasteiger partial charge is 0.457 e. The zero-order valence-electron chi connectivity index (χ0n) is 21.0. The van der Waals surface area contributed by atoms with Crippen LogP contribution in [0.3, 0.4) is 0 Å². The van der Waals surface area contributed by atoms with Crippen molar-refractivity contribution in [1.82, 2.24) is 20.2 Å². The standard InChI is InChI=1S/C27H26N4O7/c1-3-27(38-23(34)12-29-22(33)9-8-21(32)28-2)18-11-20-24-16(10-15-6-4-5-7-19(15)30-24)13-31(20)25(35)17(18)14-37-26(27)36/h4-7,10-11H,3,8-9,12-14H2,1-2H3,(H,28,32)(H,29,33)/t27-/m0/s1. The lowest BCUT2D eigenvalue weighted by molar-refractivity contribution is -0.189. The topological polar surface area (TPSA) is 146 Å². The molecule has 1 aromatic carbocycles. The number of fused-ring (bicyclic) bond motifs is 5. The number of nitrogens with zero attached hydrogens (tertiary/aromatic N) is 2. The number of rotatable bonds is 7. The molecule has 11 nitrogen and oxygen atoms in total. The Morgan fingerprint density at radius 1 is 1.13 bits per heavy atom. The normalized spacial score (nSPS) is 17.2. The number of carbonyl (C=O) groups is 4. The zero-order chi connectivity index (χ0) is 27.0. The molecule has 11 heteroatoms. The van der Waals surface area contributed by atoms with Crippen molar-refractivity contribution in [3.8, 4) is 11.4 Å². The van der Waals surface area contributed by atoms with Gasteiger partial charge in [0, 0.05) is 36.4 Å². The van der Waals surface area contributed by atoms with Gasteiger partial charge < -0.3 is 24.7 Å². The number of cyclic esters (lactones) is 1. The summed E-state index contributed by atoms with van der Waals surface area (Å²) >= 11 is 0. The van der Waals surface area contributed by atoms with Gasteiger partial charge in [-0.05, 0) is 24.6 Å². The molecule has 0 fully saturated rings. The highest BCUT2D eigenvalue weighted by atomic mass is 16.6. The first kappa shape index (κ1) is 25.1. The maximum Gasteiger partial charge on any atom is 0.355 e.